The summed E-state index contributed by atoms with van der Waals surface area (Å²) in [6, 6.07) is 3.84. The number of nitrogens with one attached hydrogen (secondary N) is 1. The first-order valence-electron chi connectivity index (χ1n) is 6.49. The molecular formula is C13H15N3O4S. The zero-order valence-electron chi connectivity index (χ0n) is 11.5. The number of anilines is 2. The van der Waals surface area contributed by atoms with E-state index in [9.17, 15) is 4.79 Å². The lowest BCUT2D eigenvalue weighted by molar-refractivity contribution is 0.123. The maximum absolute atomic E-state index is 10.8. The molecule has 0 saturated carbocycles. The normalized spacial score (nSPS) is 15.2. The highest BCUT2D eigenvalue weighted by Gasteiger charge is 2.19. The standard InChI is InChI=1S/C13H15N3O4S/c1-19-9-3-2-8(16-4-6-20-7-5-16)11-10(9)14-12(21-11)15-13(17)18/h2-3H,4-7H2,1H3,(H,14,15)(H,17,18). The van der Waals surface area contributed by atoms with E-state index in [1.54, 1.807) is 7.11 Å². The summed E-state index contributed by atoms with van der Waals surface area (Å²) < 4.78 is 11.6. The van der Waals surface area contributed by atoms with Crippen molar-refractivity contribution in [2.24, 2.45) is 0 Å². The lowest BCUT2D eigenvalue weighted by Crippen LogP contribution is -2.36. The number of aromatic nitrogens is 1. The third-order valence-electron chi connectivity index (χ3n) is 3.27. The van der Waals surface area contributed by atoms with Crippen molar-refractivity contribution in [2.45, 2.75) is 0 Å². The highest BCUT2D eigenvalue weighted by Crippen LogP contribution is 2.39. The number of nitrogens with zero attached hydrogens (tertiary/aromatic N) is 2. The smallest absolute Gasteiger partial charge is 0.410 e. The summed E-state index contributed by atoms with van der Waals surface area (Å²) in [7, 11) is 1.58. The van der Waals surface area contributed by atoms with Gasteiger partial charge >= 0.3 is 6.09 Å². The highest BCUT2D eigenvalue weighted by atomic mass is 32.1. The third-order valence-corrected chi connectivity index (χ3v) is 4.26. The van der Waals surface area contributed by atoms with E-state index >= 15 is 0 Å². The van der Waals surface area contributed by atoms with Gasteiger partial charge in [0.25, 0.3) is 0 Å². The molecule has 2 aromatic rings. The van der Waals surface area contributed by atoms with Crippen molar-refractivity contribution in [2.75, 3.05) is 43.6 Å². The molecule has 8 heteroatoms. The molecule has 3 rings (SSSR count). The summed E-state index contributed by atoms with van der Waals surface area (Å²) in [4.78, 5) is 17.3. The molecule has 0 atom stereocenters. The first-order valence-corrected chi connectivity index (χ1v) is 7.31. The Morgan fingerprint density at radius 3 is 2.90 bits per heavy atom. The maximum atomic E-state index is 10.8. The molecule has 1 aliphatic heterocycles. The average Bonchev–Trinajstić information content (AvgIpc) is 2.89. The lowest BCUT2D eigenvalue weighted by Gasteiger charge is -2.29. The van der Waals surface area contributed by atoms with Crippen LogP contribution in [0.15, 0.2) is 12.1 Å². The molecule has 21 heavy (non-hydrogen) atoms. The number of methoxy groups -OCH3 is 1. The van der Waals surface area contributed by atoms with Crippen molar-refractivity contribution < 1.29 is 19.4 Å². The predicted octanol–water partition coefficient (Wildman–Crippen LogP) is 2.23. The van der Waals surface area contributed by atoms with Gasteiger partial charge in [-0.05, 0) is 12.1 Å². The minimum Gasteiger partial charge on any atom is -0.494 e. The van der Waals surface area contributed by atoms with Gasteiger partial charge in [0.2, 0.25) is 0 Å². The molecule has 2 heterocycles. The minimum absolute atomic E-state index is 0.344. The van der Waals surface area contributed by atoms with Crippen LogP contribution in [0, 0.1) is 0 Å². The molecule has 112 valence electrons. The molecule has 2 N–H and O–H groups in total. The quantitative estimate of drug-likeness (QED) is 0.904. The molecular weight excluding hydrogens is 294 g/mol. The molecule has 0 radical (unpaired) electrons. The lowest BCUT2D eigenvalue weighted by atomic mass is 10.2. The fraction of sp³-hybridized carbons (Fsp3) is 0.385. The Hall–Kier alpha value is -2.06. The van der Waals surface area contributed by atoms with Gasteiger partial charge in [0.15, 0.2) is 5.13 Å². The summed E-state index contributed by atoms with van der Waals surface area (Å²) in [5, 5.41) is 11.5. The first-order chi connectivity index (χ1) is 10.2. The Labute approximate surface area is 125 Å². The van der Waals surface area contributed by atoms with Crippen LogP contribution in [-0.4, -0.2) is 49.6 Å². The number of hydrogen-bond acceptors (Lipinski definition) is 6. The van der Waals surface area contributed by atoms with Gasteiger partial charge in [0.1, 0.15) is 11.3 Å². The minimum atomic E-state index is -1.12. The van der Waals surface area contributed by atoms with Crippen LogP contribution in [-0.2, 0) is 4.74 Å². The number of fused-ring (bicyclic) bond motifs is 1. The summed E-state index contributed by atoms with van der Waals surface area (Å²) in [5.41, 5.74) is 1.71. The first kappa shape index (κ1) is 13.9. The van der Waals surface area contributed by atoms with Crippen LogP contribution < -0.4 is 15.0 Å². The number of hydrogen-bond donors (Lipinski definition) is 2. The van der Waals surface area contributed by atoms with E-state index in [1.165, 1.54) is 11.3 Å². The molecule has 0 unspecified atom stereocenters. The Kier molecular flexibility index (Phi) is 3.80. The molecule has 1 amide bonds. The number of amides is 1. The SMILES string of the molecule is COc1ccc(N2CCOCC2)c2sc(NC(=O)O)nc12. The van der Waals surface area contributed by atoms with E-state index in [4.69, 9.17) is 14.6 Å². The van der Waals surface area contributed by atoms with E-state index in [-0.39, 0.29) is 0 Å². The van der Waals surface area contributed by atoms with Gasteiger partial charge in [-0.15, -0.1) is 0 Å². The van der Waals surface area contributed by atoms with Gasteiger partial charge in [0.05, 0.1) is 30.7 Å². The Morgan fingerprint density at radius 1 is 1.48 bits per heavy atom. The molecule has 1 saturated heterocycles. The maximum Gasteiger partial charge on any atom is 0.410 e. The topological polar surface area (TPSA) is 83.9 Å². The molecule has 1 aliphatic rings. The Bertz CT molecular complexity index is 667. The van der Waals surface area contributed by atoms with E-state index < -0.39 is 6.09 Å². The summed E-state index contributed by atoms with van der Waals surface area (Å²) in [5.74, 6) is 0.636. The zero-order chi connectivity index (χ0) is 14.8. The summed E-state index contributed by atoms with van der Waals surface area (Å²) in [6.45, 7) is 2.99. The number of morpholine rings is 1. The van der Waals surface area contributed by atoms with Gasteiger partial charge in [-0.25, -0.2) is 9.78 Å². The van der Waals surface area contributed by atoms with Gasteiger partial charge in [-0.3, -0.25) is 5.32 Å². The van der Waals surface area contributed by atoms with Crippen molar-refractivity contribution >= 4 is 38.5 Å². The average molecular weight is 309 g/mol. The van der Waals surface area contributed by atoms with Crippen molar-refractivity contribution in [1.82, 2.24) is 4.98 Å². The molecule has 1 aromatic heterocycles. The Balaban J connectivity index is 2.07. The van der Waals surface area contributed by atoms with Gasteiger partial charge in [-0.1, -0.05) is 11.3 Å². The van der Waals surface area contributed by atoms with Crippen LogP contribution in [0.25, 0.3) is 10.2 Å². The van der Waals surface area contributed by atoms with Crippen LogP contribution >= 0.6 is 11.3 Å². The molecule has 7 nitrogen and oxygen atoms in total. The summed E-state index contributed by atoms with van der Waals surface area (Å²) >= 11 is 1.31. The number of ether oxygens (including phenoxy) is 2. The van der Waals surface area contributed by atoms with Crippen molar-refractivity contribution in [1.29, 1.82) is 0 Å². The van der Waals surface area contributed by atoms with Crippen LogP contribution in [0.4, 0.5) is 15.6 Å². The van der Waals surface area contributed by atoms with Crippen LogP contribution in [0.1, 0.15) is 0 Å². The van der Waals surface area contributed by atoms with Gasteiger partial charge in [0, 0.05) is 13.1 Å². The molecule has 0 spiro atoms. The van der Waals surface area contributed by atoms with Crippen molar-refractivity contribution in [3.63, 3.8) is 0 Å². The fourth-order valence-corrected chi connectivity index (χ4v) is 3.35. The van der Waals surface area contributed by atoms with E-state index in [1.807, 2.05) is 12.1 Å². The zero-order valence-corrected chi connectivity index (χ0v) is 12.3. The van der Waals surface area contributed by atoms with Crippen LogP contribution in [0.2, 0.25) is 0 Å². The highest BCUT2D eigenvalue weighted by molar-refractivity contribution is 7.23. The molecule has 1 fully saturated rings. The second-order valence-electron chi connectivity index (χ2n) is 4.51. The van der Waals surface area contributed by atoms with E-state index in [0.717, 1.165) is 23.5 Å². The summed E-state index contributed by atoms with van der Waals surface area (Å²) in [6.07, 6.45) is -1.12. The Morgan fingerprint density at radius 2 is 2.24 bits per heavy atom. The van der Waals surface area contributed by atoms with Crippen molar-refractivity contribution in [3.8, 4) is 5.75 Å². The number of carboxylic acid groups (broad SMARTS) is 1. The molecule has 0 aliphatic carbocycles. The molecule has 0 bridgehead atoms. The predicted molar refractivity (Wildman–Crippen MR) is 80.9 cm³/mol. The van der Waals surface area contributed by atoms with E-state index in [2.05, 4.69) is 15.2 Å². The number of carbonyl (C=O) groups is 1. The number of benzene rings is 1. The third kappa shape index (κ3) is 2.72. The molecule has 1 aromatic carbocycles. The van der Waals surface area contributed by atoms with E-state index in [0.29, 0.717) is 29.6 Å². The van der Waals surface area contributed by atoms with Gasteiger partial charge < -0.3 is 19.5 Å². The monoisotopic (exact) mass is 309 g/mol. The number of rotatable bonds is 3. The van der Waals surface area contributed by atoms with Crippen LogP contribution in [0.3, 0.4) is 0 Å². The van der Waals surface area contributed by atoms with Gasteiger partial charge in [-0.2, -0.15) is 0 Å². The second-order valence-corrected chi connectivity index (χ2v) is 5.51. The van der Waals surface area contributed by atoms with Crippen LogP contribution in [0.5, 0.6) is 5.75 Å². The number of thiazole rings is 1. The fourth-order valence-electron chi connectivity index (χ4n) is 2.33. The second kappa shape index (κ2) is 5.74. The van der Waals surface area contributed by atoms with Crippen molar-refractivity contribution in [3.05, 3.63) is 12.1 Å². The largest absolute Gasteiger partial charge is 0.494 e.